The maximum absolute atomic E-state index is 12.9. The van der Waals surface area contributed by atoms with Crippen molar-refractivity contribution in [3.63, 3.8) is 0 Å². The predicted octanol–water partition coefficient (Wildman–Crippen LogP) is 1.76. The zero-order chi connectivity index (χ0) is 18.8. The fraction of sp³-hybridized carbons (Fsp3) is 0.529. The summed E-state index contributed by atoms with van der Waals surface area (Å²) in [5.41, 5.74) is -0.222. The van der Waals surface area contributed by atoms with Crippen molar-refractivity contribution >= 4 is 12.0 Å². The van der Waals surface area contributed by atoms with Gasteiger partial charge in [-0.15, -0.1) is 0 Å². The largest absolute Gasteiger partial charge is 0.471 e. The molecule has 6 nitrogen and oxygen atoms in total. The summed E-state index contributed by atoms with van der Waals surface area (Å²) in [5.74, 6) is -1.85. The Balaban J connectivity index is 1.67. The van der Waals surface area contributed by atoms with E-state index in [1.54, 1.807) is 0 Å². The number of piperazine rings is 1. The van der Waals surface area contributed by atoms with Crippen LogP contribution in [0.15, 0.2) is 30.3 Å². The van der Waals surface area contributed by atoms with Gasteiger partial charge in [0.05, 0.1) is 5.54 Å². The second kappa shape index (κ2) is 7.14. The Morgan fingerprint density at radius 2 is 1.92 bits per heavy atom. The summed E-state index contributed by atoms with van der Waals surface area (Å²) in [4.78, 5) is 26.4. The summed E-state index contributed by atoms with van der Waals surface area (Å²) in [6, 6.07) is 9.12. The van der Waals surface area contributed by atoms with Crippen molar-refractivity contribution < 1.29 is 27.5 Å². The topological polar surface area (TPSA) is 61.9 Å². The Hall–Kier alpha value is -2.29. The van der Waals surface area contributed by atoms with Crippen LogP contribution in [0.1, 0.15) is 12.0 Å². The smallest absolute Gasteiger partial charge is 0.445 e. The Labute approximate surface area is 148 Å². The van der Waals surface area contributed by atoms with E-state index >= 15 is 0 Å². The number of nitrogens with one attached hydrogen (secondary N) is 1. The Bertz CT molecular complexity index is 660. The maximum atomic E-state index is 12.9. The van der Waals surface area contributed by atoms with Crippen LogP contribution in [0.5, 0.6) is 0 Å². The van der Waals surface area contributed by atoms with Crippen LogP contribution in [0.25, 0.3) is 0 Å². The number of rotatable bonds is 2. The van der Waals surface area contributed by atoms with Gasteiger partial charge in [-0.2, -0.15) is 13.2 Å². The Morgan fingerprint density at radius 1 is 1.19 bits per heavy atom. The van der Waals surface area contributed by atoms with E-state index < -0.39 is 23.7 Å². The van der Waals surface area contributed by atoms with Crippen LogP contribution >= 0.6 is 0 Å². The number of hydrogen-bond donors (Lipinski definition) is 1. The highest BCUT2D eigenvalue weighted by atomic mass is 19.4. The van der Waals surface area contributed by atoms with E-state index in [2.05, 4.69) is 5.32 Å². The monoisotopic (exact) mass is 371 g/mol. The Kier molecular flexibility index (Phi) is 5.08. The SMILES string of the molecule is O=C(OCc1ccccc1)N1CCN(C(=O)C(F)(F)F)C2(CCNC2)C1. The van der Waals surface area contributed by atoms with Crippen LogP contribution in [0, 0.1) is 0 Å². The van der Waals surface area contributed by atoms with Crippen LogP contribution in [-0.2, 0) is 16.1 Å². The predicted molar refractivity (Wildman–Crippen MR) is 86.2 cm³/mol. The van der Waals surface area contributed by atoms with E-state index in [4.69, 9.17) is 4.74 Å². The average molecular weight is 371 g/mol. The van der Waals surface area contributed by atoms with Crippen molar-refractivity contribution in [2.45, 2.75) is 24.7 Å². The van der Waals surface area contributed by atoms with Gasteiger partial charge in [0.2, 0.25) is 0 Å². The molecule has 9 heteroatoms. The van der Waals surface area contributed by atoms with Crippen LogP contribution in [0.3, 0.4) is 0 Å². The number of benzene rings is 1. The van der Waals surface area contributed by atoms with Gasteiger partial charge < -0.3 is 19.9 Å². The van der Waals surface area contributed by atoms with E-state index in [1.165, 1.54) is 4.90 Å². The van der Waals surface area contributed by atoms with Gasteiger partial charge in [-0.05, 0) is 18.5 Å². The molecule has 1 spiro atoms. The van der Waals surface area contributed by atoms with Gasteiger partial charge in [-0.3, -0.25) is 4.79 Å². The van der Waals surface area contributed by atoms with E-state index in [0.29, 0.717) is 13.0 Å². The van der Waals surface area contributed by atoms with Crippen molar-refractivity contribution in [1.29, 1.82) is 0 Å². The Morgan fingerprint density at radius 3 is 2.54 bits per heavy atom. The number of carbonyl (C=O) groups excluding carboxylic acids is 2. The summed E-state index contributed by atoms with van der Waals surface area (Å²) in [6.45, 7) is 0.672. The first-order chi connectivity index (χ1) is 12.3. The molecule has 2 aliphatic rings. The third-order valence-electron chi connectivity index (χ3n) is 4.82. The summed E-state index contributed by atoms with van der Waals surface area (Å²) in [5, 5.41) is 3.00. The molecule has 2 aliphatic heterocycles. The summed E-state index contributed by atoms with van der Waals surface area (Å²) in [6.07, 6.45) is -5.15. The van der Waals surface area contributed by atoms with Gasteiger partial charge in [-0.25, -0.2) is 4.79 Å². The first kappa shape index (κ1) is 18.5. The summed E-state index contributed by atoms with van der Waals surface area (Å²) < 4.78 is 44.0. The minimum atomic E-state index is -4.93. The zero-order valence-electron chi connectivity index (χ0n) is 14.1. The van der Waals surface area contributed by atoms with Crippen LogP contribution in [-0.4, -0.2) is 66.2 Å². The first-order valence-electron chi connectivity index (χ1n) is 8.37. The fourth-order valence-corrected chi connectivity index (χ4v) is 3.51. The minimum absolute atomic E-state index is 0.0111. The molecule has 1 aromatic rings. The molecular formula is C17H20F3N3O3. The standard InChI is InChI=1S/C17H20F3N3O3/c18-17(19,20)14(24)23-9-8-22(12-16(23)6-7-21-11-16)15(25)26-10-13-4-2-1-3-5-13/h1-5,21H,6-12H2. The highest BCUT2D eigenvalue weighted by Crippen LogP contribution is 2.32. The third kappa shape index (κ3) is 3.77. The number of hydrogen-bond acceptors (Lipinski definition) is 4. The lowest BCUT2D eigenvalue weighted by molar-refractivity contribution is -0.194. The highest BCUT2D eigenvalue weighted by Gasteiger charge is 2.54. The summed E-state index contributed by atoms with van der Waals surface area (Å²) in [7, 11) is 0. The number of nitrogens with zero attached hydrogens (tertiary/aromatic N) is 2. The molecule has 142 valence electrons. The molecule has 2 heterocycles. The van der Waals surface area contributed by atoms with Crippen molar-refractivity contribution in [3.05, 3.63) is 35.9 Å². The molecule has 1 aromatic carbocycles. The maximum Gasteiger partial charge on any atom is 0.471 e. The van der Waals surface area contributed by atoms with Gasteiger partial charge in [0.1, 0.15) is 6.61 Å². The van der Waals surface area contributed by atoms with Crippen molar-refractivity contribution in [2.24, 2.45) is 0 Å². The van der Waals surface area contributed by atoms with E-state index in [0.717, 1.165) is 10.5 Å². The van der Waals surface area contributed by atoms with Crippen molar-refractivity contribution in [1.82, 2.24) is 15.1 Å². The number of halogens is 3. The van der Waals surface area contributed by atoms with Crippen LogP contribution in [0.4, 0.5) is 18.0 Å². The van der Waals surface area contributed by atoms with Gasteiger partial charge in [0.25, 0.3) is 0 Å². The zero-order valence-corrected chi connectivity index (χ0v) is 14.1. The number of amides is 2. The minimum Gasteiger partial charge on any atom is -0.445 e. The molecule has 1 unspecified atom stereocenters. The van der Waals surface area contributed by atoms with Gasteiger partial charge in [0.15, 0.2) is 0 Å². The van der Waals surface area contributed by atoms with Gasteiger partial charge in [-0.1, -0.05) is 30.3 Å². The van der Waals surface area contributed by atoms with Gasteiger partial charge >= 0.3 is 18.2 Å². The number of alkyl halides is 3. The number of carbonyl (C=O) groups is 2. The molecule has 3 rings (SSSR count). The molecular weight excluding hydrogens is 351 g/mol. The molecule has 1 atom stereocenters. The third-order valence-corrected chi connectivity index (χ3v) is 4.82. The molecule has 0 radical (unpaired) electrons. The lowest BCUT2D eigenvalue weighted by atomic mass is 9.92. The summed E-state index contributed by atoms with van der Waals surface area (Å²) >= 11 is 0. The molecule has 2 saturated heterocycles. The van der Waals surface area contributed by atoms with Crippen LogP contribution < -0.4 is 5.32 Å². The molecule has 0 bridgehead atoms. The van der Waals surface area contributed by atoms with Crippen molar-refractivity contribution in [3.8, 4) is 0 Å². The van der Waals surface area contributed by atoms with E-state index in [9.17, 15) is 22.8 Å². The second-order valence-corrected chi connectivity index (χ2v) is 6.57. The van der Waals surface area contributed by atoms with E-state index in [1.807, 2.05) is 30.3 Å². The van der Waals surface area contributed by atoms with Gasteiger partial charge in [0, 0.05) is 26.2 Å². The highest BCUT2D eigenvalue weighted by molar-refractivity contribution is 5.83. The average Bonchev–Trinajstić information content (AvgIpc) is 3.07. The van der Waals surface area contributed by atoms with E-state index in [-0.39, 0.29) is 32.8 Å². The lowest BCUT2D eigenvalue weighted by Gasteiger charge is -2.48. The molecule has 2 fully saturated rings. The molecule has 26 heavy (non-hydrogen) atoms. The molecule has 1 N–H and O–H groups in total. The molecule has 0 saturated carbocycles. The van der Waals surface area contributed by atoms with Crippen molar-refractivity contribution in [2.75, 3.05) is 32.7 Å². The molecule has 2 amide bonds. The quantitative estimate of drug-likeness (QED) is 0.861. The van der Waals surface area contributed by atoms with Crippen LogP contribution in [0.2, 0.25) is 0 Å². The lowest BCUT2D eigenvalue weighted by Crippen LogP contribution is -2.67. The second-order valence-electron chi connectivity index (χ2n) is 6.57. The molecule has 0 aromatic heterocycles. The fourth-order valence-electron chi connectivity index (χ4n) is 3.51. The first-order valence-corrected chi connectivity index (χ1v) is 8.37. The number of ether oxygens (including phenoxy) is 1. The molecule has 0 aliphatic carbocycles. The normalized spacial score (nSPS) is 23.3.